The molecule has 1 heterocycles. The van der Waals surface area contributed by atoms with Gasteiger partial charge in [-0.1, -0.05) is 11.8 Å². The van der Waals surface area contributed by atoms with Crippen LogP contribution in [0.1, 0.15) is 37.8 Å². The van der Waals surface area contributed by atoms with Crippen LogP contribution >= 0.6 is 0 Å². The topological polar surface area (TPSA) is 29.5 Å². The number of benzene rings is 1. The van der Waals surface area contributed by atoms with E-state index in [1.165, 1.54) is 5.56 Å². The second kappa shape index (κ2) is 4.81. The third-order valence-corrected chi connectivity index (χ3v) is 2.76. The highest BCUT2D eigenvalue weighted by molar-refractivity contribution is 5.47. The Bertz CT molecular complexity index is 464. The molecule has 0 saturated heterocycles. The van der Waals surface area contributed by atoms with Crippen LogP contribution in [0.25, 0.3) is 0 Å². The zero-order chi connectivity index (χ0) is 12.3. The predicted molar refractivity (Wildman–Crippen MR) is 68.1 cm³/mol. The summed E-state index contributed by atoms with van der Waals surface area (Å²) in [5.41, 5.74) is 2.18. The molecular formula is C15H18O2. The van der Waals surface area contributed by atoms with Crippen LogP contribution in [0.2, 0.25) is 0 Å². The number of fused-ring (bicyclic) bond motifs is 1. The SMILES string of the molecule is CC1(C)Cc2cc(C#CCCCO)ccc2O1. The van der Waals surface area contributed by atoms with Crippen LogP contribution in [0.3, 0.4) is 0 Å². The van der Waals surface area contributed by atoms with Crippen molar-refractivity contribution in [2.45, 2.75) is 38.7 Å². The molecule has 2 nitrogen and oxygen atoms in total. The third-order valence-electron chi connectivity index (χ3n) is 2.76. The van der Waals surface area contributed by atoms with E-state index in [0.717, 1.165) is 30.6 Å². The lowest BCUT2D eigenvalue weighted by Crippen LogP contribution is -2.24. The summed E-state index contributed by atoms with van der Waals surface area (Å²) in [4.78, 5) is 0. The normalized spacial score (nSPS) is 15.7. The van der Waals surface area contributed by atoms with E-state index in [1.54, 1.807) is 0 Å². The lowest BCUT2D eigenvalue weighted by atomic mass is 10.0. The molecule has 0 saturated carbocycles. The molecule has 0 unspecified atom stereocenters. The molecule has 1 aromatic rings. The lowest BCUT2D eigenvalue weighted by molar-refractivity contribution is 0.138. The van der Waals surface area contributed by atoms with Gasteiger partial charge in [-0.2, -0.15) is 0 Å². The molecule has 0 amide bonds. The molecule has 17 heavy (non-hydrogen) atoms. The highest BCUT2D eigenvalue weighted by atomic mass is 16.5. The summed E-state index contributed by atoms with van der Waals surface area (Å²) in [7, 11) is 0. The zero-order valence-corrected chi connectivity index (χ0v) is 10.4. The highest BCUT2D eigenvalue weighted by Crippen LogP contribution is 2.34. The van der Waals surface area contributed by atoms with Gasteiger partial charge in [-0.15, -0.1) is 0 Å². The molecule has 0 aromatic heterocycles. The van der Waals surface area contributed by atoms with Crippen molar-refractivity contribution in [2.24, 2.45) is 0 Å². The van der Waals surface area contributed by atoms with Crippen molar-refractivity contribution in [1.82, 2.24) is 0 Å². The van der Waals surface area contributed by atoms with Crippen LogP contribution in [-0.4, -0.2) is 17.3 Å². The maximum absolute atomic E-state index is 8.66. The van der Waals surface area contributed by atoms with E-state index in [2.05, 4.69) is 31.8 Å². The van der Waals surface area contributed by atoms with E-state index >= 15 is 0 Å². The number of unbranched alkanes of at least 4 members (excludes halogenated alkanes) is 1. The molecular weight excluding hydrogens is 212 g/mol. The van der Waals surface area contributed by atoms with Gasteiger partial charge >= 0.3 is 0 Å². The summed E-state index contributed by atoms with van der Waals surface area (Å²) in [6, 6.07) is 6.10. The number of ether oxygens (including phenoxy) is 1. The van der Waals surface area contributed by atoms with Crippen molar-refractivity contribution in [2.75, 3.05) is 6.61 Å². The third kappa shape index (κ3) is 3.01. The molecule has 0 bridgehead atoms. The van der Waals surface area contributed by atoms with E-state index < -0.39 is 0 Å². The first-order valence-corrected chi connectivity index (χ1v) is 6.02. The van der Waals surface area contributed by atoms with Crippen molar-refractivity contribution in [3.8, 4) is 17.6 Å². The van der Waals surface area contributed by atoms with Crippen LogP contribution in [0.15, 0.2) is 18.2 Å². The molecule has 0 atom stereocenters. The largest absolute Gasteiger partial charge is 0.487 e. The molecule has 0 radical (unpaired) electrons. The first kappa shape index (κ1) is 12.0. The average molecular weight is 230 g/mol. The first-order chi connectivity index (χ1) is 8.11. The molecule has 1 N–H and O–H groups in total. The molecule has 0 aliphatic carbocycles. The molecule has 90 valence electrons. The van der Waals surface area contributed by atoms with Gasteiger partial charge < -0.3 is 9.84 Å². The number of aliphatic hydroxyl groups excluding tert-OH is 1. The van der Waals surface area contributed by atoms with Gasteiger partial charge in [0, 0.05) is 25.0 Å². The Morgan fingerprint density at radius 2 is 2.24 bits per heavy atom. The second-order valence-corrected chi connectivity index (χ2v) is 4.99. The number of hydrogen-bond acceptors (Lipinski definition) is 2. The Hall–Kier alpha value is -1.46. The predicted octanol–water partition coefficient (Wildman–Crippen LogP) is 2.52. The Morgan fingerprint density at radius 1 is 1.41 bits per heavy atom. The second-order valence-electron chi connectivity index (χ2n) is 4.99. The first-order valence-electron chi connectivity index (χ1n) is 6.02. The highest BCUT2D eigenvalue weighted by Gasteiger charge is 2.29. The summed E-state index contributed by atoms with van der Waals surface area (Å²) in [6.45, 7) is 4.40. The van der Waals surface area contributed by atoms with Crippen molar-refractivity contribution < 1.29 is 9.84 Å². The molecule has 1 aliphatic rings. The molecule has 1 aromatic carbocycles. The van der Waals surface area contributed by atoms with Gasteiger partial charge in [0.1, 0.15) is 11.4 Å². The van der Waals surface area contributed by atoms with Crippen LogP contribution in [-0.2, 0) is 6.42 Å². The Morgan fingerprint density at radius 3 is 3.00 bits per heavy atom. The molecule has 1 aliphatic heterocycles. The Kier molecular flexibility index (Phi) is 3.40. The van der Waals surface area contributed by atoms with Gasteiger partial charge in [0.05, 0.1) is 0 Å². The van der Waals surface area contributed by atoms with Crippen molar-refractivity contribution in [1.29, 1.82) is 0 Å². The zero-order valence-electron chi connectivity index (χ0n) is 10.4. The van der Waals surface area contributed by atoms with Crippen LogP contribution in [0, 0.1) is 11.8 Å². The van der Waals surface area contributed by atoms with Gasteiger partial charge in [0.2, 0.25) is 0 Å². The minimum atomic E-state index is -0.0920. The fraction of sp³-hybridized carbons (Fsp3) is 0.467. The maximum Gasteiger partial charge on any atom is 0.123 e. The minimum absolute atomic E-state index is 0.0920. The van der Waals surface area contributed by atoms with Gasteiger partial charge in [-0.05, 0) is 44.0 Å². The van der Waals surface area contributed by atoms with Crippen LogP contribution in [0.5, 0.6) is 5.75 Å². The number of aliphatic hydroxyl groups is 1. The quantitative estimate of drug-likeness (QED) is 0.625. The monoisotopic (exact) mass is 230 g/mol. The molecule has 0 fully saturated rings. The van der Waals surface area contributed by atoms with Gasteiger partial charge in [-0.25, -0.2) is 0 Å². The van der Waals surface area contributed by atoms with E-state index in [-0.39, 0.29) is 12.2 Å². The summed E-state index contributed by atoms with van der Waals surface area (Å²) in [6.07, 6.45) is 2.43. The van der Waals surface area contributed by atoms with E-state index in [1.807, 2.05) is 12.1 Å². The fourth-order valence-electron chi connectivity index (χ4n) is 2.02. The smallest absolute Gasteiger partial charge is 0.123 e. The number of rotatable bonds is 2. The Labute approximate surface area is 103 Å². The summed E-state index contributed by atoms with van der Waals surface area (Å²) in [5.74, 6) is 7.17. The van der Waals surface area contributed by atoms with Crippen LogP contribution < -0.4 is 4.74 Å². The summed E-state index contributed by atoms with van der Waals surface area (Å²) >= 11 is 0. The molecule has 2 rings (SSSR count). The molecule has 0 spiro atoms. The standard InChI is InChI=1S/C15H18O2/c1-15(2)11-13-10-12(6-4-3-5-9-16)7-8-14(13)17-15/h7-8,10,16H,3,5,9,11H2,1-2H3. The number of hydrogen-bond donors (Lipinski definition) is 1. The van der Waals surface area contributed by atoms with E-state index in [9.17, 15) is 0 Å². The minimum Gasteiger partial charge on any atom is -0.487 e. The van der Waals surface area contributed by atoms with Crippen molar-refractivity contribution in [3.63, 3.8) is 0 Å². The maximum atomic E-state index is 8.66. The van der Waals surface area contributed by atoms with E-state index in [0.29, 0.717) is 0 Å². The van der Waals surface area contributed by atoms with Gasteiger partial charge in [-0.3, -0.25) is 0 Å². The lowest BCUT2D eigenvalue weighted by Gasteiger charge is -2.16. The van der Waals surface area contributed by atoms with Crippen LogP contribution in [0.4, 0.5) is 0 Å². The summed E-state index contributed by atoms with van der Waals surface area (Å²) < 4.78 is 5.81. The Balaban J connectivity index is 2.10. The van der Waals surface area contributed by atoms with E-state index in [4.69, 9.17) is 9.84 Å². The van der Waals surface area contributed by atoms with Gasteiger partial charge in [0.15, 0.2) is 0 Å². The average Bonchev–Trinajstić information content (AvgIpc) is 2.57. The summed E-state index contributed by atoms with van der Waals surface area (Å²) in [5, 5.41) is 8.66. The van der Waals surface area contributed by atoms with Gasteiger partial charge in [0.25, 0.3) is 0 Å². The fourth-order valence-corrected chi connectivity index (χ4v) is 2.02. The molecule has 2 heteroatoms. The van der Waals surface area contributed by atoms with Crippen molar-refractivity contribution >= 4 is 0 Å². The van der Waals surface area contributed by atoms with Crippen molar-refractivity contribution in [3.05, 3.63) is 29.3 Å².